The summed E-state index contributed by atoms with van der Waals surface area (Å²) in [6.45, 7) is 9.50. The molecular formula is C46H45N7O3S2. The van der Waals surface area contributed by atoms with Crippen LogP contribution >= 0.6 is 22.7 Å². The number of anilines is 2. The first kappa shape index (κ1) is 38.9. The van der Waals surface area contributed by atoms with E-state index in [-0.39, 0.29) is 0 Å². The number of phenolic OH excluding ortho intramolecular Hbond substituents is 1. The number of ether oxygens (including phenoxy) is 2. The van der Waals surface area contributed by atoms with E-state index in [0.717, 1.165) is 78.1 Å². The van der Waals surface area contributed by atoms with E-state index in [0.29, 0.717) is 24.3 Å². The average Bonchev–Trinajstić information content (AvgIpc) is 3.74. The molecule has 4 aromatic carbocycles. The van der Waals surface area contributed by atoms with E-state index in [1.165, 1.54) is 48.0 Å². The third kappa shape index (κ3) is 9.27. The van der Waals surface area contributed by atoms with Crippen molar-refractivity contribution < 1.29 is 14.6 Å². The molecule has 0 amide bonds. The van der Waals surface area contributed by atoms with Crippen LogP contribution < -0.4 is 16.2 Å². The third-order valence-electron chi connectivity index (χ3n) is 10.2. The minimum atomic E-state index is 0.291. The van der Waals surface area contributed by atoms with E-state index in [2.05, 4.69) is 93.3 Å². The number of hydrogen-bond acceptors (Lipinski definition) is 12. The van der Waals surface area contributed by atoms with Gasteiger partial charge in [-0.2, -0.15) is 0 Å². The number of rotatable bonds is 10. The van der Waals surface area contributed by atoms with Gasteiger partial charge in [-0.05, 0) is 132 Å². The normalized spacial score (nSPS) is 13.1. The lowest BCUT2D eigenvalue weighted by molar-refractivity contribution is 0.0322. The molecule has 0 radical (unpaired) electrons. The summed E-state index contributed by atoms with van der Waals surface area (Å²) in [5.41, 5.74) is 20.5. The molecule has 4 aromatic heterocycles. The zero-order chi connectivity index (χ0) is 40.0. The number of aromatic nitrogens is 4. The molecule has 12 heteroatoms. The Morgan fingerprint density at radius 1 is 0.672 bits per heavy atom. The van der Waals surface area contributed by atoms with Crippen LogP contribution in [-0.2, 0) is 17.6 Å². The highest BCUT2D eigenvalue weighted by Gasteiger charge is 2.15. The molecule has 9 rings (SSSR count). The number of hydrogen-bond donors (Lipinski definition) is 3. The van der Waals surface area contributed by atoms with Crippen molar-refractivity contribution in [3.05, 3.63) is 143 Å². The lowest BCUT2D eigenvalue weighted by Crippen LogP contribution is -2.38. The Labute approximate surface area is 345 Å². The fourth-order valence-corrected chi connectivity index (χ4v) is 9.56. The predicted molar refractivity (Wildman–Crippen MR) is 237 cm³/mol. The Balaban J connectivity index is 0.000000168. The molecule has 1 aliphatic heterocycles. The minimum Gasteiger partial charge on any atom is -0.508 e. The Bertz CT molecular complexity index is 2690. The number of benzene rings is 4. The van der Waals surface area contributed by atoms with Crippen LogP contribution in [0.25, 0.3) is 41.3 Å². The third-order valence-corrected chi connectivity index (χ3v) is 12.8. The number of aromatic hydroxyl groups is 1. The number of aryl methyl sites for hydroxylation is 2. The van der Waals surface area contributed by atoms with Crippen LogP contribution in [0.4, 0.5) is 11.9 Å². The summed E-state index contributed by atoms with van der Waals surface area (Å²) < 4.78 is 13.9. The largest absolute Gasteiger partial charge is 0.508 e. The standard InChI is InChI=1S/C26H28N4O2S.C20H17N3OS/c1-18-22-17-20(5-6-24(22)33-25(18)23-7-8-28-26(27)29-23)15-19-3-2-4-21(16-19)32-14-11-30-9-12-31-13-10-30;1-12-16-11-14(9-13-3-2-4-15(24)10-13)5-6-18(16)25-19(12)17-7-8-22-20(21)23-17/h2-8,16-17H,9-15H2,1H3,(H2,27,28,29);2-8,10-11,24H,9H2,1H3,(H2,21,22,23). The predicted octanol–water partition coefficient (Wildman–Crippen LogP) is 9.10. The number of nitrogen functional groups attached to an aromatic ring is 2. The number of fused-ring (bicyclic) bond motifs is 2. The summed E-state index contributed by atoms with van der Waals surface area (Å²) in [6, 6.07) is 32.8. The Kier molecular flexibility index (Phi) is 11.9. The lowest BCUT2D eigenvalue weighted by atomic mass is 10.0. The summed E-state index contributed by atoms with van der Waals surface area (Å²) in [4.78, 5) is 21.4. The summed E-state index contributed by atoms with van der Waals surface area (Å²) in [6.07, 6.45) is 5.05. The molecule has 1 saturated heterocycles. The van der Waals surface area contributed by atoms with Gasteiger partial charge in [0.25, 0.3) is 0 Å². The maximum Gasteiger partial charge on any atom is 0.220 e. The maximum absolute atomic E-state index is 9.64. The number of phenols is 1. The number of nitrogens with zero attached hydrogens (tertiary/aromatic N) is 5. The van der Waals surface area contributed by atoms with Crippen molar-refractivity contribution in [1.82, 2.24) is 24.8 Å². The Morgan fingerprint density at radius 2 is 1.21 bits per heavy atom. The van der Waals surface area contributed by atoms with E-state index < -0.39 is 0 Å². The van der Waals surface area contributed by atoms with Crippen LogP contribution in [0, 0.1) is 13.8 Å². The second-order valence-corrected chi connectivity index (χ2v) is 16.5. The topological polar surface area (TPSA) is 146 Å². The summed E-state index contributed by atoms with van der Waals surface area (Å²) in [5, 5.41) is 12.1. The molecule has 0 aliphatic carbocycles. The van der Waals surface area contributed by atoms with Gasteiger partial charge in [0.2, 0.25) is 11.9 Å². The highest BCUT2D eigenvalue weighted by molar-refractivity contribution is 7.22. The van der Waals surface area contributed by atoms with Gasteiger partial charge in [-0.1, -0.05) is 36.4 Å². The lowest BCUT2D eigenvalue weighted by Gasteiger charge is -2.26. The van der Waals surface area contributed by atoms with Crippen LogP contribution in [0.2, 0.25) is 0 Å². The Morgan fingerprint density at radius 3 is 1.76 bits per heavy atom. The van der Waals surface area contributed by atoms with E-state index in [1.807, 2.05) is 30.3 Å². The van der Waals surface area contributed by atoms with Crippen molar-refractivity contribution in [3.63, 3.8) is 0 Å². The molecule has 1 aliphatic rings. The zero-order valence-corrected chi connectivity index (χ0v) is 34.2. The molecule has 5 N–H and O–H groups in total. The van der Waals surface area contributed by atoms with Gasteiger partial charge in [-0.15, -0.1) is 22.7 Å². The van der Waals surface area contributed by atoms with E-state index in [9.17, 15) is 5.11 Å². The Hall–Kier alpha value is -5.92. The molecule has 0 unspecified atom stereocenters. The maximum atomic E-state index is 9.64. The van der Waals surface area contributed by atoms with Crippen molar-refractivity contribution in [2.45, 2.75) is 26.7 Å². The van der Waals surface area contributed by atoms with Crippen molar-refractivity contribution in [3.8, 4) is 32.6 Å². The summed E-state index contributed by atoms with van der Waals surface area (Å²) in [5.74, 6) is 1.82. The van der Waals surface area contributed by atoms with Crippen LogP contribution in [0.5, 0.6) is 11.5 Å². The average molecular weight is 808 g/mol. The quantitative estimate of drug-likeness (QED) is 0.122. The molecule has 0 spiro atoms. The number of nitrogens with two attached hydrogens (primary N) is 2. The first-order valence-corrected chi connectivity index (χ1v) is 20.9. The van der Waals surface area contributed by atoms with E-state index >= 15 is 0 Å². The highest BCUT2D eigenvalue weighted by atomic mass is 32.1. The zero-order valence-electron chi connectivity index (χ0n) is 32.5. The SMILES string of the molecule is Cc1c(-c2ccnc(N)n2)sc2ccc(Cc3cccc(O)c3)cc12.Cc1c(-c2ccnc(N)n2)sc2ccc(Cc3cccc(OCCN4CCOCC4)c3)cc12. The second-order valence-electron chi connectivity index (χ2n) is 14.3. The molecule has 5 heterocycles. The van der Waals surface area contributed by atoms with Crippen LogP contribution in [0.3, 0.4) is 0 Å². The van der Waals surface area contributed by atoms with Gasteiger partial charge in [0.05, 0.1) is 34.4 Å². The van der Waals surface area contributed by atoms with Crippen molar-refractivity contribution in [2.24, 2.45) is 0 Å². The van der Waals surface area contributed by atoms with Crippen LogP contribution in [0.1, 0.15) is 33.4 Å². The molecule has 10 nitrogen and oxygen atoms in total. The molecule has 8 aromatic rings. The van der Waals surface area contributed by atoms with Gasteiger partial charge in [0.15, 0.2) is 0 Å². The fourth-order valence-electron chi connectivity index (χ4n) is 7.25. The van der Waals surface area contributed by atoms with Gasteiger partial charge in [-0.25, -0.2) is 19.9 Å². The molecule has 294 valence electrons. The van der Waals surface area contributed by atoms with Gasteiger partial charge >= 0.3 is 0 Å². The van der Waals surface area contributed by atoms with E-state index in [4.69, 9.17) is 20.9 Å². The van der Waals surface area contributed by atoms with Crippen molar-refractivity contribution in [1.29, 1.82) is 0 Å². The second kappa shape index (κ2) is 17.7. The fraction of sp³-hybridized carbons (Fsp3) is 0.217. The summed E-state index contributed by atoms with van der Waals surface area (Å²) >= 11 is 3.46. The van der Waals surface area contributed by atoms with E-state index in [1.54, 1.807) is 47.2 Å². The molecule has 0 saturated carbocycles. The van der Waals surface area contributed by atoms with Crippen LogP contribution in [0.15, 0.2) is 109 Å². The van der Waals surface area contributed by atoms with Gasteiger partial charge in [0.1, 0.15) is 18.1 Å². The van der Waals surface area contributed by atoms with Crippen molar-refractivity contribution >= 4 is 54.7 Å². The number of morpholine rings is 1. The summed E-state index contributed by atoms with van der Waals surface area (Å²) in [7, 11) is 0. The first-order chi connectivity index (χ1) is 28.3. The molecule has 0 atom stereocenters. The smallest absolute Gasteiger partial charge is 0.220 e. The first-order valence-electron chi connectivity index (χ1n) is 19.3. The highest BCUT2D eigenvalue weighted by Crippen LogP contribution is 2.39. The number of thiophene rings is 2. The minimum absolute atomic E-state index is 0.291. The van der Waals surface area contributed by atoms with Crippen molar-refractivity contribution in [2.75, 3.05) is 50.9 Å². The van der Waals surface area contributed by atoms with Gasteiger partial charge in [-0.3, -0.25) is 4.90 Å². The molecule has 0 bridgehead atoms. The molecule has 1 fully saturated rings. The molecular weight excluding hydrogens is 763 g/mol. The molecule has 58 heavy (non-hydrogen) atoms. The van der Waals surface area contributed by atoms with Gasteiger partial charge in [0, 0.05) is 41.4 Å². The monoisotopic (exact) mass is 807 g/mol. The van der Waals surface area contributed by atoms with Crippen LogP contribution in [-0.4, -0.2) is 69.4 Å². The van der Waals surface area contributed by atoms with Gasteiger partial charge < -0.3 is 26.0 Å².